The maximum atomic E-state index is 12.5. The summed E-state index contributed by atoms with van der Waals surface area (Å²) in [7, 11) is 1.56. The lowest BCUT2D eigenvalue weighted by atomic mass is 9.96. The number of nitrogens with zero attached hydrogens (tertiary/aromatic N) is 1. The third-order valence-electron chi connectivity index (χ3n) is 4.02. The number of hydrogen-bond acceptors (Lipinski definition) is 5. The van der Waals surface area contributed by atoms with Crippen LogP contribution in [0.3, 0.4) is 0 Å². The van der Waals surface area contributed by atoms with Gasteiger partial charge >= 0.3 is 0 Å². The predicted molar refractivity (Wildman–Crippen MR) is 85.3 cm³/mol. The van der Waals surface area contributed by atoms with Crippen molar-refractivity contribution in [2.45, 2.75) is 19.5 Å². The quantitative estimate of drug-likeness (QED) is 0.913. The molecule has 1 aliphatic heterocycles. The molecule has 0 unspecified atom stereocenters. The number of aliphatic hydroxyl groups is 1. The zero-order valence-electron chi connectivity index (χ0n) is 13.4. The number of Topliss-reactive ketones (excluding diaryl/α,β-unsaturated/α-hetero) is 1. The fraction of sp³-hybridized carbons (Fsp3) is 0.222. The summed E-state index contributed by atoms with van der Waals surface area (Å²) in [6.07, 6.45) is 1.51. The maximum Gasteiger partial charge on any atom is 0.290 e. The van der Waals surface area contributed by atoms with Crippen LogP contribution in [0.25, 0.3) is 0 Å². The van der Waals surface area contributed by atoms with Crippen molar-refractivity contribution in [3.63, 3.8) is 0 Å². The normalized spacial score (nSPS) is 17.5. The molecule has 6 heteroatoms. The van der Waals surface area contributed by atoms with Crippen molar-refractivity contribution >= 4 is 11.7 Å². The Kier molecular flexibility index (Phi) is 4.12. The molecular weight excluding hydrogens is 310 g/mol. The van der Waals surface area contributed by atoms with Gasteiger partial charge in [-0.1, -0.05) is 12.1 Å². The highest BCUT2D eigenvalue weighted by Crippen LogP contribution is 2.39. The van der Waals surface area contributed by atoms with Crippen molar-refractivity contribution in [3.8, 4) is 5.75 Å². The van der Waals surface area contributed by atoms with Crippen LogP contribution < -0.4 is 4.74 Å². The van der Waals surface area contributed by atoms with Crippen LogP contribution >= 0.6 is 0 Å². The Hall–Kier alpha value is -3.02. The molecule has 2 heterocycles. The molecule has 0 saturated carbocycles. The largest absolute Gasteiger partial charge is 0.503 e. The number of ether oxygens (including phenoxy) is 1. The molecule has 2 aromatic rings. The minimum Gasteiger partial charge on any atom is -0.503 e. The summed E-state index contributed by atoms with van der Waals surface area (Å²) in [6.45, 7) is 1.50. The summed E-state index contributed by atoms with van der Waals surface area (Å²) in [4.78, 5) is 25.9. The second-order valence-electron chi connectivity index (χ2n) is 5.51. The summed E-state index contributed by atoms with van der Waals surface area (Å²) in [6, 6.07) is 9.83. The number of aliphatic hydroxyl groups excluding tert-OH is 1. The number of ketones is 1. The molecule has 6 nitrogen and oxygen atoms in total. The Balaban J connectivity index is 2.03. The van der Waals surface area contributed by atoms with Gasteiger partial charge in [0.2, 0.25) is 0 Å². The predicted octanol–water partition coefficient (Wildman–Crippen LogP) is 2.77. The minimum atomic E-state index is -0.661. The smallest absolute Gasteiger partial charge is 0.290 e. The summed E-state index contributed by atoms with van der Waals surface area (Å²) in [5.41, 5.74) is 0.807. The van der Waals surface area contributed by atoms with Gasteiger partial charge in [0, 0.05) is 0 Å². The summed E-state index contributed by atoms with van der Waals surface area (Å²) >= 11 is 0. The van der Waals surface area contributed by atoms with Gasteiger partial charge in [-0.25, -0.2) is 0 Å². The fourth-order valence-electron chi connectivity index (χ4n) is 2.88. The van der Waals surface area contributed by atoms with E-state index in [9.17, 15) is 14.7 Å². The SMILES string of the molecule is COc1ccc([C@H]2C(C(C)=O)=C(O)C(=O)N2Cc2ccco2)cc1. The van der Waals surface area contributed by atoms with Crippen LogP contribution in [0.4, 0.5) is 0 Å². The first-order valence-corrected chi connectivity index (χ1v) is 7.44. The molecule has 24 heavy (non-hydrogen) atoms. The molecule has 0 bridgehead atoms. The highest BCUT2D eigenvalue weighted by molar-refractivity contribution is 6.08. The van der Waals surface area contributed by atoms with E-state index in [0.29, 0.717) is 17.1 Å². The molecular formula is C18H17NO5. The first-order valence-electron chi connectivity index (χ1n) is 7.44. The molecule has 1 atom stereocenters. The monoisotopic (exact) mass is 327 g/mol. The zero-order valence-corrected chi connectivity index (χ0v) is 13.4. The van der Waals surface area contributed by atoms with Crippen LogP contribution in [0.15, 0.2) is 58.4 Å². The van der Waals surface area contributed by atoms with E-state index < -0.39 is 17.7 Å². The van der Waals surface area contributed by atoms with Gasteiger partial charge in [-0.3, -0.25) is 9.59 Å². The van der Waals surface area contributed by atoms with Crippen LogP contribution in [-0.4, -0.2) is 28.8 Å². The third kappa shape index (κ3) is 2.67. The summed E-state index contributed by atoms with van der Waals surface area (Å²) in [5, 5.41) is 10.2. The van der Waals surface area contributed by atoms with Crippen LogP contribution in [0.1, 0.15) is 24.3 Å². The second-order valence-corrected chi connectivity index (χ2v) is 5.51. The first-order chi connectivity index (χ1) is 11.5. The fourth-order valence-corrected chi connectivity index (χ4v) is 2.88. The average molecular weight is 327 g/mol. The number of hydrogen-bond donors (Lipinski definition) is 1. The van der Waals surface area contributed by atoms with E-state index in [0.717, 1.165) is 0 Å². The Labute approximate surface area is 138 Å². The van der Waals surface area contributed by atoms with Crippen molar-refractivity contribution in [2.75, 3.05) is 7.11 Å². The van der Waals surface area contributed by atoms with Crippen LogP contribution in [0.2, 0.25) is 0 Å². The molecule has 1 aromatic carbocycles. The van der Waals surface area contributed by atoms with Gasteiger partial charge < -0.3 is 19.2 Å². The summed E-state index contributed by atoms with van der Waals surface area (Å²) < 4.78 is 10.4. The van der Waals surface area contributed by atoms with Crippen molar-refractivity contribution in [2.24, 2.45) is 0 Å². The average Bonchev–Trinajstić information content (AvgIpc) is 3.17. The topological polar surface area (TPSA) is 80.0 Å². The third-order valence-corrected chi connectivity index (χ3v) is 4.02. The van der Waals surface area contributed by atoms with Crippen molar-refractivity contribution in [1.82, 2.24) is 4.90 Å². The molecule has 0 radical (unpaired) electrons. The summed E-state index contributed by atoms with van der Waals surface area (Å²) in [5.74, 6) is -0.200. The van der Waals surface area contributed by atoms with E-state index in [2.05, 4.69) is 0 Å². The molecule has 3 rings (SSSR count). The van der Waals surface area contributed by atoms with Gasteiger partial charge in [0.1, 0.15) is 11.5 Å². The highest BCUT2D eigenvalue weighted by atomic mass is 16.5. The zero-order chi connectivity index (χ0) is 17.3. The number of amides is 1. The van der Waals surface area contributed by atoms with Gasteiger partial charge in [-0.05, 0) is 36.8 Å². The second kappa shape index (κ2) is 6.23. The lowest BCUT2D eigenvalue weighted by Gasteiger charge is -2.25. The Bertz CT molecular complexity index is 789. The molecule has 1 aliphatic rings. The molecule has 1 amide bonds. The highest BCUT2D eigenvalue weighted by Gasteiger charge is 2.42. The van der Waals surface area contributed by atoms with Crippen LogP contribution in [0, 0.1) is 0 Å². The molecule has 0 fully saturated rings. The number of rotatable bonds is 5. The molecule has 0 saturated heterocycles. The number of furan rings is 1. The molecule has 124 valence electrons. The van der Waals surface area contributed by atoms with E-state index >= 15 is 0 Å². The Morgan fingerprint density at radius 1 is 1.29 bits per heavy atom. The van der Waals surface area contributed by atoms with E-state index in [1.54, 1.807) is 43.5 Å². The number of carbonyl (C=O) groups excluding carboxylic acids is 2. The van der Waals surface area contributed by atoms with Gasteiger partial charge in [0.15, 0.2) is 11.5 Å². The lowest BCUT2D eigenvalue weighted by molar-refractivity contribution is -0.130. The van der Waals surface area contributed by atoms with Gasteiger partial charge in [0.05, 0.1) is 31.5 Å². The van der Waals surface area contributed by atoms with Crippen LogP contribution in [-0.2, 0) is 16.1 Å². The van der Waals surface area contributed by atoms with E-state index in [1.807, 2.05) is 0 Å². The lowest BCUT2D eigenvalue weighted by Crippen LogP contribution is -2.30. The Morgan fingerprint density at radius 2 is 2.00 bits per heavy atom. The van der Waals surface area contributed by atoms with Gasteiger partial charge in [-0.15, -0.1) is 0 Å². The van der Waals surface area contributed by atoms with E-state index in [4.69, 9.17) is 9.15 Å². The maximum absolute atomic E-state index is 12.5. The van der Waals surface area contributed by atoms with Gasteiger partial charge in [0.25, 0.3) is 5.91 Å². The minimum absolute atomic E-state index is 0.0942. The molecule has 1 N–H and O–H groups in total. The standard InChI is InChI=1S/C18H17NO5/c1-11(20)15-16(12-5-7-13(23-2)8-6-12)19(18(22)17(15)21)10-14-4-3-9-24-14/h3-9,16,21H,10H2,1-2H3/t16-/m0/s1. The molecule has 0 spiro atoms. The molecule has 0 aliphatic carbocycles. The van der Waals surface area contributed by atoms with Crippen molar-refractivity contribution < 1.29 is 23.8 Å². The Morgan fingerprint density at radius 3 is 2.54 bits per heavy atom. The van der Waals surface area contributed by atoms with E-state index in [-0.39, 0.29) is 17.9 Å². The number of methoxy groups -OCH3 is 1. The van der Waals surface area contributed by atoms with E-state index in [1.165, 1.54) is 18.1 Å². The number of benzene rings is 1. The van der Waals surface area contributed by atoms with Crippen molar-refractivity contribution in [1.29, 1.82) is 0 Å². The first kappa shape index (κ1) is 15.9. The number of carbonyl (C=O) groups is 2. The van der Waals surface area contributed by atoms with Crippen molar-refractivity contribution in [3.05, 3.63) is 65.3 Å². The molecule has 1 aromatic heterocycles. The van der Waals surface area contributed by atoms with Gasteiger partial charge in [-0.2, -0.15) is 0 Å². The van der Waals surface area contributed by atoms with Crippen LogP contribution in [0.5, 0.6) is 5.75 Å².